The molecule has 4 aliphatic rings. The number of hydrogen-bond acceptors (Lipinski definition) is 6. The number of esters is 1. The quantitative estimate of drug-likeness (QED) is 0.420. The molecule has 4 saturated carbocycles. The van der Waals surface area contributed by atoms with E-state index in [1.807, 2.05) is 26.8 Å². The van der Waals surface area contributed by atoms with Gasteiger partial charge in [0.05, 0.1) is 16.9 Å². The normalized spacial score (nSPS) is 28.9. The molecule has 0 aliphatic heterocycles. The van der Waals surface area contributed by atoms with E-state index in [9.17, 15) is 4.79 Å². The highest BCUT2D eigenvalue weighted by Crippen LogP contribution is 2.57. The van der Waals surface area contributed by atoms with E-state index >= 15 is 4.39 Å². The number of alkyl halides is 1. The summed E-state index contributed by atoms with van der Waals surface area (Å²) in [6.07, 6.45) is 10.3. The summed E-state index contributed by atoms with van der Waals surface area (Å²) in [5.41, 5.74) is 1.54. The van der Waals surface area contributed by atoms with Crippen molar-refractivity contribution in [3.8, 4) is 0 Å². The van der Waals surface area contributed by atoms with Gasteiger partial charge in [0, 0.05) is 23.5 Å². The van der Waals surface area contributed by atoms with Crippen molar-refractivity contribution in [1.29, 1.82) is 0 Å². The highest BCUT2D eigenvalue weighted by Gasteiger charge is 2.51. The summed E-state index contributed by atoms with van der Waals surface area (Å²) in [6.45, 7) is 5.50. The smallest absolute Gasteiger partial charge is 0.338 e. The zero-order valence-electron chi connectivity index (χ0n) is 19.6. The summed E-state index contributed by atoms with van der Waals surface area (Å²) >= 11 is 0. The van der Waals surface area contributed by atoms with Crippen molar-refractivity contribution in [2.75, 3.05) is 10.6 Å². The van der Waals surface area contributed by atoms with Crippen LogP contribution in [0.4, 0.5) is 15.8 Å². The Bertz CT molecular complexity index is 985. The van der Waals surface area contributed by atoms with E-state index in [2.05, 4.69) is 20.6 Å². The van der Waals surface area contributed by atoms with Gasteiger partial charge in [0.1, 0.15) is 11.9 Å². The molecule has 2 N–H and O–H groups in total. The number of nitrogens with zero attached hydrogens (tertiary/aromatic N) is 2. The first-order valence-electron chi connectivity index (χ1n) is 12.0. The third-order valence-corrected chi connectivity index (χ3v) is 7.25. The Kier molecular flexibility index (Phi) is 5.53. The Morgan fingerprint density at radius 1 is 1.06 bits per heavy atom. The number of aromatic nitrogens is 2. The van der Waals surface area contributed by atoms with Crippen LogP contribution in [0.1, 0.15) is 81.5 Å². The zero-order chi connectivity index (χ0) is 23.2. The summed E-state index contributed by atoms with van der Waals surface area (Å²) in [7, 11) is 0. The standard InChI is InChI=1S/C26H33FN4O2/c1-25(2,3)33-24(32)19-4-5-21(22(9-19)30-23(27)20-13-28-15-29-14-20)31-26-10-16-6-17(11-26)8-18(7-16)12-26/h4-5,9,13-18,23,30-31H,6-8,10-12H2,1-3H3. The lowest BCUT2D eigenvalue weighted by atomic mass is 9.53. The van der Waals surface area contributed by atoms with Crippen LogP contribution in [-0.2, 0) is 4.74 Å². The summed E-state index contributed by atoms with van der Waals surface area (Å²) < 4.78 is 20.7. The number of anilines is 2. The monoisotopic (exact) mass is 452 g/mol. The van der Waals surface area contributed by atoms with Crippen molar-refractivity contribution in [2.24, 2.45) is 17.8 Å². The average molecular weight is 453 g/mol. The van der Waals surface area contributed by atoms with E-state index in [0.29, 0.717) is 16.8 Å². The topological polar surface area (TPSA) is 76.1 Å². The lowest BCUT2D eigenvalue weighted by Crippen LogP contribution is -2.54. The SMILES string of the molecule is CC(C)(C)OC(=O)c1ccc(NC23CC4CC(CC(C4)C2)C3)c(NC(F)c2cncnc2)c1. The molecule has 7 heteroatoms. The molecule has 4 aliphatic carbocycles. The molecule has 6 rings (SSSR count). The Hall–Kier alpha value is -2.70. The maximum atomic E-state index is 15.2. The molecule has 33 heavy (non-hydrogen) atoms. The fraction of sp³-hybridized carbons (Fsp3) is 0.577. The molecule has 6 nitrogen and oxygen atoms in total. The molecule has 0 radical (unpaired) electrons. The van der Waals surface area contributed by atoms with E-state index in [1.165, 1.54) is 57.2 Å². The van der Waals surface area contributed by atoms with Crippen molar-refractivity contribution in [1.82, 2.24) is 9.97 Å². The van der Waals surface area contributed by atoms with Crippen LogP contribution in [0, 0.1) is 17.8 Å². The van der Waals surface area contributed by atoms with Crippen LogP contribution in [0.25, 0.3) is 0 Å². The van der Waals surface area contributed by atoms with E-state index in [-0.39, 0.29) is 5.54 Å². The Morgan fingerprint density at radius 2 is 1.67 bits per heavy atom. The van der Waals surface area contributed by atoms with Gasteiger partial charge in [0.25, 0.3) is 0 Å². The van der Waals surface area contributed by atoms with Crippen molar-refractivity contribution in [3.05, 3.63) is 48.0 Å². The molecular weight excluding hydrogens is 419 g/mol. The third-order valence-electron chi connectivity index (χ3n) is 7.25. The van der Waals surface area contributed by atoms with Crippen molar-refractivity contribution < 1.29 is 13.9 Å². The van der Waals surface area contributed by atoms with E-state index in [4.69, 9.17) is 4.74 Å². The second-order valence-electron chi connectivity index (χ2n) is 11.3. The molecule has 2 aromatic rings. The second-order valence-corrected chi connectivity index (χ2v) is 11.3. The Balaban J connectivity index is 1.44. The van der Waals surface area contributed by atoms with Crippen LogP contribution in [0.3, 0.4) is 0 Å². The first-order valence-corrected chi connectivity index (χ1v) is 12.0. The van der Waals surface area contributed by atoms with Crippen LogP contribution < -0.4 is 10.6 Å². The van der Waals surface area contributed by atoms with Gasteiger partial charge in [-0.05, 0) is 95.2 Å². The molecule has 0 saturated heterocycles. The molecule has 1 aromatic heterocycles. The Labute approximate surface area is 194 Å². The third kappa shape index (κ3) is 4.82. The number of rotatable bonds is 6. The van der Waals surface area contributed by atoms with Gasteiger partial charge in [-0.15, -0.1) is 0 Å². The number of nitrogens with one attached hydrogen (secondary N) is 2. The summed E-state index contributed by atoms with van der Waals surface area (Å²) in [5, 5.41) is 6.76. The van der Waals surface area contributed by atoms with Gasteiger partial charge >= 0.3 is 5.97 Å². The lowest BCUT2D eigenvalue weighted by molar-refractivity contribution is 0.00695. The van der Waals surface area contributed by atoms with Gasteiger partial charge < -0.3 is 15.4 Å². The number of halogens is 1. The minimum Gasteiger partial charge on any atom is -0.456 e. The van der Waals surface area contributed by atoms with E-state index in [1.54, 1.807) is 12.1 Å². The minimum atomic E-state index is -1.50. The highest BCUT2D eigenvalue weighted by molar-refractivity contribution is 5.92. The first kappa shape index (κ1) is 22.1. The number of carbonyl (C=O) groups excluding carboxylic acids is 1. The fourth-order valence-corrected chi connectivity index (χ4v) is 6.45. The van der Waals surface area contributed by atoms with Gasteiger partial charge in [-0.2, -0.15) is 0 Å². The summed E-state index contributed by atoms with van der Waals surface area (Å²) in [4.78, 5) is 20.5. The average Bonchev–Trinajstić information content (AvgIpc) is 2.73. The first-order chi connectivity index (χ1) is 15.7. The number of benzene rings is 1. The van der Waals surface area contributed by atoms with Gasteiger partial charge in [-0.1, -0.05) is 0 Å². The maximum absolute atomic E-state index is 15.2. The van der Waals surface area contributed by atoms with Crippen LogP contribution in [0.5, 0.6) is 0 Å². The van der Waals surface area contributed by atoms with Gasteiger partial charge in [-0.25, -0.2) is 19.2 Å². The number of hydrogen-bond donors (Lipinski definition) is 2. The van der Waals surface area contributed by atoms with Gasteiger partial charge in [-0.3, -0.25) is 0 Å². The van der Waals surface area contributed by atoms with Crippen molar-refractivity contribution in [3.63, 3.8) is 0 Å². The summed E-state index contributed by atoms with van der Waals surface area (Å²) in [6, 6.07) is 5.34. The van der Waals surface area contributed by atoms with E-state index < -0.39 is 17.9 Å². The second kappa shape index (κ2) is 8.26. The van der Waals surface area contributed by atoms with Crippen LogP contribution >= 0.6 is 0 Å². The molecule has 1 heterocycles. The van der Waals surface area contributed by atoms with Gasteiger partial charge in [0.15, 0.2) is 6.30 Å². The molecule has 176 valence electrons. The largest absolute Gasteiger partial charge is 0.456 e. The van der Waals surface area contributed by atoms with E-state index in [0.717, 1.165) is 23.4 Å². The maximum Gasteiger partial charge on any atom is 0.338 e. The van der Waals surface area contributed by atoms with Crippen molar-refractivity contribution in [2.45, 2.75) is 76.7 Å². The minimum absolute atomic E-state index is 0.0558. The molecular formula is C26H33FN4O2. The Morgan fingerprint density at radius 3 is 2.24 bits per heavy atom. The van der Waals surface area contributed by atoms with Crippen molar-refractivity contribution >= 4 is 17.3 Å². The number of carbonyl (C=O) groups is 1. The molecule has 4 bridgehead atoms. The number of ether oxygens (including phenoxy) is 1. The zero-order valence-corrected chi connectivity index (χ0v) is 19.6. The lowest BCUT2D eigenvalue weighted by Gasteiger charge is -2.57. The molecule has 1 atom stereocenters. The molecule has 4 fully saturated rings. The molecule has 1 unspecified atom stereocenters. The highest BCUT2D eigenvalue weighted by atomic mass is 19.1. The van der Waals surface area contributed by atoms with Crippen LogP contribution in [-0.4, -0.2) is 27.1 Å². The fourth-order valence-electron chi connectivity index (χ4n) is 6.45. The van der Waals surface area contributed by atoms with Crippen LogP contribution in [0.15, 0.2) is 36.9 Å². The molecule has 1 aromatic carbocycles. The molecule has 0 amide bonds. The van der Waals surface area contributed by atoms with Gasteiger partial charge in [0.2, 0.25) is 0 Å². The summed E-state index contributed by atoms with van der Waals surface area (Å²) in [5.74, 6) is 1.94. The van der Waals surface area contributed by atoms with Crippen LogP contribution in [0.2, 0.25) is 0 Å². The predicted octanol–water partition coefficient (Wildman–Crippen LogP) is 5.89. The molecule has 0 spiro atoms. The predicted molar refractivity (Wildman–Crippen MR) is 126 cm³/mol.